The van der Waals surface area contributed by atoms with Gasteiger partial charge in [0.05, 0.1) is 37.0 Å². The molecule has 2 aromatic rings. The van der Waals surface area contributed by atoms with Crippen LogP contribution in [0.25, 0.3) is 0 Å². The van der Waals surface area contributed by atoms with Crippen LogP contribution in [0.15, 0.2) is 35.6 Å². The molecule has 0 radical (unpaired) electrons. The number of nitrogens with one attached hydrogen (secondary N) is 2. The molecule has 0 bridgehead atoms. The predicted octanol–water partition coefficient (Wildman–Crippen LogP) is 1.25. The third-order valence-electron chi connectivity index (χ3n) is 3.45. The Labute approximate surface area is 156 Å². The van der Waals surface area contributed by atoms with Crippen molar-refractivity contribution in [2.45, 2.75) is 25.2 Å². The Kier molecular flexibility index (Phi) is 7.49. The van der Waals surface area contributed by atoms with E-state index in [2.05, 4.69) is 15.6 Å². The summed E-state index contributed by atoms with van der Waals surface area (Å²) in [5, 5.41) is 15.4. The number of aliphatic hydroxyl groups excluding tert-OH is 1. The molecule has 140 valence electrons. The van der Waals surface area contributed by atoms with Gasteiger partial charge in [-0.1, -0.05) is 23.9 Å². The molecule has 0 saturated heterocycles. The van der Waals surface area contributed by atoms with Gasteiger partial charge in [-0.05, 0) is 19.1 Å². The third-order valence-corrected chi connectivity index (χ3v) is 4.44. The predicted molar refractivity (Wildman–Crippen MR) is 99.2 cm³/mol. The van der Waals surface area contributed by atoms with Crippen molar-refractivity contribution in [2.24, 2.45) is 0 Å². The lowest BCUT2D eigenvalue weighted by molar-refractivity contribution is -0.121. The highest BCUT2D eigenvalue weighted by molar-refractivity contribution is 7.99. The molecule has 0 saturated carbocycles. The molecule has 0 spiro atoms. The minimum Gasteiger partial charge on any atom is -0.495 e. The number of likely N-dealkylation sites (N-methyl/N-ethyl adjacent to an activating group) is 1. The number of anilines is 1. The van der Waals surface area contributed by atoms with Crippen molar-refractivity contribution in [3.8, 4) is 5.75 Å². The van der Waals surface area contributed by atoms with Gasteiger partial charge in [-0.15, -0.1) is 0 Å². The van der Waals surface area contributed by atoms with Gasteiger partial charge in [-0.25, -0.2) is 4.98 Å². The number of thioether (sulfide) groups is 1. The highest BCUT2D eigenvalue weighted by atomic mass is 32.2. The van der Waals surface area contributed by atoms with E-state index >= 15 is 0 Å². The molecule has 9 heteroatoms. The standard InChI is InChI=1S/C17H22N4O4S/c1-3-18-15(23)9-21-12(10-22)8-19-17(21)26-11-16(24)20-13-6-4-5-7-14(13)25-2/h4-8,22H,3,9-11H2,1-2H3,(H,18,23)(H,20,24). The molecule has 2 amide bonds. The Hall–Kier alpha value is -2.52. The summed E-state index contributed by atoms with van der Waals surface area (Å²) in [6, 6.07) is 7.13. The molecule has 0 unspecified atom stereocenters. The zero-order valence-corrected chi connectivity index (χ0v) is 15.5. The summed E-state index contributed by atoms with van der Waals surface area (Å²) in [7, 11) is 1.54. The normalized spacial score (nSPS) is 10.4. The Morgan fingerprint density at radius 1 is 1.31 bits per heavy atom. The summed E-state index contributed by atoms with van der Waals surface area (Å²) >= 11 is 1.19. The van der Waals surface area contributed by atoms with Crippen LogP contribution >= 0.6 is 11.8 Å². The minimum absolute atomic E-state index is 0.0419. The molecule has 0 fully saturated rings. The summed E-state index contributed by atoms with van der Waals surface area (Å²) in [5.74, 6) is 0.277. The van der Waals surface area contributed by atoms with Crippen LogP contribution < -0.4 is 15.4 Å². The van der Waals surface area contributed by atoms with Crippen LogP contribution in [0.2, 0.25) is 0 Å². The van der Waals surface area contributed by atoms with Crippen LogP contribution in [-0.4, -0.2) is 45.9 Å². The lowest BCUT2D eigenvalue weighted by atomic mass is 10.3. The number of para-hydroxylation sites is 2. The number of aromatic nitrogens is 2. The summed E-state index contributed by atoms with van der Waals surface area (Å²) in [5.41, 5.74) is 1.10. The number of rotatable bonds is 9. The van der Waals surface area contributed by atoms with E-state index in [4.69, 9.17) is 4.74 Å². The summed E-state index contributed by atoms with van der Waals surface area (Å²) in [6.07, 6.45) is 1.50. The quantitative estimate of drug-likeness (QED) is 0.567. The fourth-order valence-corrected chi connectivity index (χ4v) is 3.06. The van der Waals surface area contributed by atoms with Crippen molar-refractivity contribution in [1.29, 1.82) is 0 Å². The Morgan fingerprint density at radius 2 is 2.08 bits per heavy atom. The summed E-state index contributed by atoms with van der Waals surface area (Å²) < 4.78 is 6.81. The Balaban J connectivity index is 2.01. The van der Waals surface area contributed by atoms with Crippen LogP contribution in [-0.2, 0) is 22.7 Å². The molecule has 8 nitrogen and oxygen atoms in total. The average Bonchev–Trinajstić information content (AvgIpc) is 3.02. The van der Waals surface area contributed by atoms with Gasteiger partial charge in [0.25, 0.3) is 0 Å². The van der Waals surface area contributed by atoms with Crippen LogP contribution in [0.1, 0.15) is 12.6 Å². The first kappa shape index (κ1) is 19.8. The van der Waals surface area contributed by atoms with Crippen LogP contribution in [0.4, 0.5) is 5.69 Å². The first-order chi connectivity index (χ1) is 12.6. The van der Waals surface area contributed by atoms with Gasteiger partial charge in [0.15, 0.2) is 5.16 Å². The van der Waals surface area contributed by atoms with Crippen molar-refractivity contribution >= 4 is 29.3 Å². The minimum atomic E-state index is -0.236. The number of nitrogens with zero attached hydrogens (tertiary/aromatic N) is 2. The molecule has 0 aliphatic rings. The largest absolute Gasteiger partial charge is 0.495 e. The van der Waals surface area contributed by atoms with E-state index in [0.717, 1.165) is 0 Å². The molecule has 2 rings (SSSR count). The van der Waals surface area contributed by atoms with Crippen molar-refractivity contribution in [1.82, 2.24) is 14.9 Å². The number of methoxy groups -OCH3 is 1. The Bertz CT molecular complexity index is 763. The topological polar surface area (TPSA) is 105 Å². The molecule has 1 aromatic heterocycles. The van der Waals surface area contributed by atoms with Gasteiger partial charge in [-0.3, -0.25) is 9.59 Å². The van der Waals surface area contributed by atoms with Crippen molar-refractivity contribution < 1.29 is 19.4 Å². The Morgan fingerprint density at radius 3 is 2.77 bits per heavy atom. The van der Waals surface area contributed by atoms with E-state index in [-0.39, 0.29) is 30.7 Å². The highest BCUT2D eigenvalue weighted by Crippen LogP contribution is 2.24. The highest BCUT2D eigenvalue weighted by Gasteiger charge is 2.15. The van der Waals surface area contributed by atoms with E-state index in [9.17, 15) is 14.7 Å². The number of benzene rings is 1. The fourth-order valence-electron chi connectivity index (χ4n) is 2.26. The van der Waals surface area contributed by atoms with E-state index in [1.54, 1.807) is 22.8 Å². The third kappa shape index (κ3) is 5.24. The summed E-state index contributed by atoms with van der Waals surface area (Å²) in [4.78, 5) is 28.2. The maximum atomic E-state index is 12.2. The number of ether oxygens (including phenoxy) is 1. The number of imidazole rings is 1. The average molecular weight is 378 g/mol. The zero-order chi connectivity index (χ0) is 18.9. The van der Waals surface area contributed by atoms with Crippen LogP contribution in [0, 0.1) is 0 Å². The van der Waals surface area contributed by atoms with E-state index in [1.165, 1.54) is 25.1 Å². The van der Waals surface area contributed by atoms with E-state index in [0.29, 0.717) is 28.8 Å². The van der Waals surface area contributed by atoms with Gasteiger partial charge in [0.2, 0.25) is 11.8 Å². The first-order valence-corrected chi connectivity index (χ1v) is 9.05. The summed E-state index contributed by atoms with van der Waals surface area (Å²) in [6.45, 7) is 2.16. The van der Waals surface area contributed by atoms with E-state index < -0.39 is 0 Å². The maximum Gasteiger partial charge on any atom is 0.240 e. The molecule has 1 aromatic carbocycles. The van der Waals surface area contributed by atoms with Gasteiger partial charge in [-0.2, -0.15) is 0 Å². The number of amides is 2. The smallest absolute Gasteiger partial charge is 0.240 e. The lowest BCUT2D eigenvalue weighted by Crippen LogP contribution is -2.28. The fraction of sp³-hybridized carbons (Fsp3) is 0.353. The molecule has 26 heavy (non-hydrogen) atoms. The molecular formula is C17H22N4O4S. The first-order valence-electron chi connectivity index (χ1n) is 8.06. The van der Waals surface area contributed by atoms with Gasteiger partial charge in [0, 0.05) is 6.54 Å². The zero-order valence-electron chi connectivity index (χ0n) is 14.7. The van der Waals surface area contributed by atoms with Gasteiger partial charge >= 0.3 is 0 Å². The molecule has 0 atom stereocenters. The second kappa shape index (κ2) is 9.83. The number of hydrogen-bond acceptors (Lipinski definition) is 6. The molecule has 1 heterocycles. The molecule has 0 aliphatic heterocycles. The number of hydrogen-bond donors (Lipinski definition) is 3. The monoisotopic (exact) mass is 378 g/mol. The number of carbonyl (C=O) groups excluding carboxylic acids is 2. The second-order valence-electron chi connectivity index (χ2n) is 5.27. The van der Waals surface area contributed by atoms with Crippen LogP contribution in [0.3, 0.4) is 0 Å². The van der Waals surface area contributed by atoms with Crippen LogP contribution in [0.5, 0.6) is 5.75 Å². The van der Waals surface area contributed by atoms with Gasteiger partial charge < -0.3 is 25.0 Å². The van der Waals surface area contributed by atoms with Crippen molar-refractivity contribution in [3.63, 3.8) is 0 Å². The van der Waals surface area contributed by atoms with Gasteiger partial charge in [0.1, 0.15) is 12.3 Å². The van der Waals surface area contributed by atoms with Crippen molar-refractivity contribution in [2.75, 3.05) is 24.7 Å². The second-order valence-corrected chi connectivity index (χ2v) is 6.21. The number of carbonyl (C=O) groups is 2. The maximum absolute atomic E-state index is 12.2. The van der Waals surface area contributed by atoms with E-state index in [1.807, 2.05) is 13.0 Å². The number of aliphatic hydroxyl groups is 1. The lowest BCUT2D eigenvalue weighted by Gasteiger charge is -2.11. The molecule has 0 aliphatic carbocycles. The van der Waals surface area contributed by atoms with Crippen molar-refractivity contribution in [3.05, 3.63) is 36.2 Å². The SMILES string of the molecule is CCNC(=O)Cn1c(CO)cnc1SCC(=O)Nc1ccccc1OC. The molecular weight excluding hydrogens is 356 g/mol. The molecule has 3 N–H and O–H groups in total.